The molecule has 57 heavy (non-hydrogen) atoms. The van der Waals surface area contributed by atoms with Gasteiger partial charge in [0.1, 0.15) is 10.6 Å². The quantitative estimate of drug-likeness (QED) is 0.0457. The SMILES string of the molecule is Nc1ccc(N=Nc2ccc(N=Nc3ccc(N=Nc4cc(S(=O)(=O)O)c5ccccc5c4O)c4ccc(S(=O)(=O)O)cc34)c3ccc(S(=O)(=O)O)cc23)cc1.[Na+]. The van der Waals surface area contributed by atoms with Crippen molar-refractivity contribution < 1.29 is 73.6 Å². The number of nitrogen functional groups attached to an aromatic ring is 1. The second kappa shape index (κ2) is 15.8. The van der Waals surface area contributed by atoms with E-state index >= 15 is 0 Å². The van der Waals surface area contributed by atoms with Crippen LogP contribution in [0.2, 0.25) is 0 Å². The average molecular weight is 835 g/mol. The van der Waals surface area contributed by atoms with Crippen LogP contribution >= 0.6 is 0 Å². The summed E-state index contributed by atoms with van der Waals surface area (Å²) in [7, 11) is -14.1. The van der Waals surface area contributed by atoms with Crippen molar-refractivity contribution >= 4 is 102 Å². The molecule has 7 rings (SSSR count). The smallest absolute Gasteiger partial charge is 0.505 e. The van der Waals surface area contributed by atoms with Gasteiger partial charge >= 0.3 is 29.6 Å². The fourth-order valence-corrected chi connectivity index (χ4v) is 7.46. The van der Waals surface area contributed by atoms with Crippen LogP contribution in [0.25, 0.3) is 32.3 Å². The predicted molar refractivity (Wildman–Crippen MR) is 206 cm³/mol. The number of hydrogen-bond acceptors (Lipinski definition) is 14. The zero-order chi connectivity index (χ0) is 40.0. The molecule has 0 aliphatic rings. The average Bonchev–Trinajstić information content (AvgIpc) is 3.15. The first kappa shape index (κ1) is 41.1. The number of fused-ring (bicyclic) bond motifs is 3. The minimum absolute atomic E-state index is 0. The van der Waals surface area contributed by atoms with Gasteiger partial charge in [-0.1, -0.05) is 36.4 Å². The standard InChI is InChI=1S/C36H25N7O10S3.Na/c37-20-5-7-21(8-6-20)38-39-32-15-13-30(24-11-9-22(17-28(24)32)54(45,46)47)40-42-33-16-14-31(25-12-10-23(18-29(25)33)55(48,49)50)41-43-34-19-35(56(51,52)53)26-3-1-2-4-27(26)36(34)44;/h1-19,44H,37H2,(H,45,46,47)(H,48,49,50)(H,51,52,53);/q;+1. The number of nitrogens with zero attached hydrogens (tertiary/aromatic N) is 6. The van der Waals surface area contributed by atoms with E-state index in [0.29, 0.717) is 16.8 Å². The minimum Gasteiger partial charge on any atom is -0.505 e. The molecule has 7 aromatic carbocycles. The van der Waals surface area contributed by atoms with Gasteiger partial charge < -0.3 is 10.8 Å². The monoisotopic (exact) mass is 834 g/mol. The summed E-state index contributed by atoms with van der Waals surface area (Å²) >= 11 is 0. The molecule has 0 radical (unpaired) electrons. The van der Waals surface area contributed by atoms with Crippen LogP contribution < -0.4 is 35.3 Å². The van der Waals surface area contributed by atoms with E-state index < -0.39 is 50.8 Å². The second-order valence-electron chi connectivity index (χ2n) is 12.0. The Hall–Kier alpha value is -5.55. The van der Waals surface area contributed by atoms with Gasteiger partial charge in [-0.15, -0.1) is 25.6 Å². The Morgan fingerprint density at radius 2 is 0.842 bits per heavy atom. The summed E-state index contributed by atoms with van der Waals surface area (Å²) in [5, 5.41) is 37.3. The number of hydrogen-bond donors (Lipinski definition) is 5. The molecule has 0 heterocycles. The van der Waals surface area contributed by atoms with Crippen LogP contribution in [-0.4, -0.2) is 44.0 Å². The third kappa shape index (κ3) is 8.73. The molecule has 21 heteroatoms. The molecule has 0 amide bonds. The van der Waals surface area contributed by atoms with E-state index in [-0.39, 0.29) is 84.9 Å². The molecular weight excluding hydrogens is 810 g/mol. The molecule has 0 spiro atoms. The van der Waals surface area contributed by atoms with Gasteiger partial charge in [0.25, 0.3) is 30.4 Å². The Morgan fingerprint density at radius 3 is 1.30 bits per heavy atom. The summed E-state index contributed by atoms with van der Waals surface area (Å²) in [4.78, 5) is -1.42. The van der Waals surface area contributed by atoms with Crippen molar-refractivity contribution in [1.82, 2.24) is 0 Å². The van der Waals surface area contributed by atoms with Crippen LogP contribution in [0.15, 0.2) is 161 Å². The number of nitrogens with two attached hydrogens (primary N) is 1. The van der Waals surface area contributed by atoms with Gasteiger partial charge in [0, 0.05) is 38.0 Å². The first-order valence-electron chi connectivity index (χ1n) is 15.9. The van der Waals surface area contributed by atoms with Crippen molar-refractivity contribution in [2.45, 2.75) is 14.7 Å². The molecule has 6 N–H and O–H groups in total. The van der Waals surface area contributed by atoms with Crippen LogP contribution in [0.1, 0.15) is 0 Å². The van der Waals surface area contributed by atoms with Crippen LogP contribution in [0, 0.1) is 0 Å². The van der Waals surface area contributed by atoms with E-state index in [0.717, 1.165) is 24.3 Å². The molecule has 0 fully saturated rings. The number of phenols is 1. The molecule has 17 nitrogen and oxygen atoms in total. The molecule has 0 aliphatic heterocycles. The van der Waals surface area contributed by atoms with E-state index in [1.54, 1.807) is 30.3 Å². The van der Waals surface area contributed by atoms with E-state index in [4.69, 9.17) is 5.73 Å². The molecule has 0 atom stereocenters. The number of benzene rings is 7. The van der Waals surface area contributed by atoms with Crippen molar-refractivity contribution in [3.63, 3.8) is 0 Å². The van der Waals surface area contributed by atoms with Crippen LogP contribution in [0.4, 0.5) is 39.8 Å². The fraction of sp³-hybridized carbons (Fsp3) is 0. The molecule has 0 unspecified atom stereocenters. The Balaban J connectivity index is 0.00000549. The Morgan fingerprint density at radius 1 is 0.421 bits per heavy atom. The molecule has 0 aliphatic carbocycles. The van der Waals surface area contributed by atoms with Gasteiger partial charge in [0.15, 0.2) is 5.75 Å². The van der Waals surface area contributed by atoms with Crippen LogP contribution in [-0.2, 0) is 30.4 Å². The molecule has 0 saturated carbocycles. The van der Waals surface area contributed by atoms with E-state index in [9.17, 15) is 44.0 Å². The van der Waals surface area contributed by atoms with Gasteiger partial charge in [-0.2, -0.15) is 30.4 Å². The molecule has 0 saturated heterocycles. The Kier molecular flexibility index (Phi) is 11.4. The molecule has 7 aromatic rings. The van der Waals surface area contributed by atoms with Gasteiger partial charge in [-0.05, 0) is 78.9 Å². The van der Waals surface area contributed by atoms with Gasteiger partial charge in [-0.25, -0.2) is 0 Å². The van der Waals surface area contributed by atoms with Crippen molar-refractivity contribution in [2.24, 2.45) is 30.7 Å². The summed E-state index contributed by atoms with van der Waals surface area (Å²) in [6.07, 6.45) is 0. The summed E-state index contributed by atoms with van der Waals surface area (Å²) in [6.45, 7) is 0. The van der Waals surface area contributed by atoms with E-state index in [1.165, 1.54) is 60.7 Å². The topological polar surface area (TPSA) is 284 Å². The second-order valence-corrected chi connectivity index (χ2v) is 16.3. The first-order chi connectivity index (χ1) is 26.5. The largest absolute Gasteiger partial charge is 1.00 e. The third-order valence-electron chi connectivity index (χ3n) is 8.41. The summed E-state index contributed by atoms with van der Waals surface area (Å²) < 4.78 is 102. The summed E-state index contributed by atoms with van der Waals surface area (Å²) in [5.41, 5.74) is 7.02. The maximum Gasteiger partial charge on any atom is 1.00 e. The molecule has 0 aromatic heterocycles. The molecular formula is C36H25N7NaO10S3+. The number of rotatable bonds is 9. The summed E-state index contributed by atoms with van der Waals surface area (Å²) in [5.74, 6) is -0.422. The zero-order valence-corrected chi connectivity index (χ0v) is 33.6. The van der Waals surface area contributed by atoms with Crippen LogP contribution in [0.3, 0.4) is 0 Å². The Labute approximate surface area is 345 Å². The van der Waals surface area contributed by atoms with Crippen molar-refractivity contribution in [3.05, 3.63) is 115 Å². The molecule has 282 valence electrons. The van der Waals surface area contributed by atoms with Crippen LogP contribution in [0.5, 0.6) is 5.75 Å². The van der Waals surface area contributed by atoms with E-state index in [1.807, 2.05) is 0 Å². The van der Waals surface area contributed by atoms with E-state index in [2.05, 4.69) is 30.7 Å². The maximum absolute atomic E-state index is 12.2. The van der Waals surface area contributed by atoms with Gasteiger partial charge in [0.05, 0.1) is 38.2 Å². The Bertz CT molecular complexity index is 3200. The zero-order valence-electron chi connectivity index (χ0n) is 29.2. The number of phenolic OH excluding ortho intramolecular Hbond substituents is 1. The van der Waals surface area contributed by atoms with Crippen molar-refractivity contribution in [2.75, 3.05) is 5.73 Å². The predicted octanol–water partition coefficient (Wildman–Crippen LogP) is 6.42. The normalized spacial score (nSPS) is 12.7. The van der Waals surface area contributed by atoms with Gasteiger partial charge in [0.2, 0.25) is 0 Å². The minimum atomic E-state index is -4.75. The first-order valence-corrected chi connectivity index (χ1v) is 20.2. The van der Waals surface area contributed by atoms with Crippen molar-refractivity contribution in [1.29, 1.82) is 0 Å². The van der Waals surface area contributed by atoms with Gasteiger partial charge in [-0.3, -0.25) is 13.7 Å². The molecule has 0 bridgehead atoms. The summed E-state index contributed by atoms with van der Waals surface area (Å²) in [6, 6.07) is 26.5. The third-order valence-corrected chi connectivity index (χ3v) is 11.0. The maximum atomic E-state index is 12.2. The fourth-order valence-electron chi connectivity index (χ4n) is 5.73. The number of aromatic hydroxyl groups is 1. The number of azo groups is 3. The number of anilines is 1. The van der Waals surface area contributed by atoms with Crippen molar-refractivity contribution in [3.8, 4) is 5.75 Å².